The van der Waals surface area contributed by atoms with Crippen molar-refractivity contribution in [2.24, 2.45) is 0 Å². The number of carbonyl (C=O) groups excluding carboxylic acids is 1. The fourth-order valence-corrected chi connectivity index (χ4v) is 4.67. The van der Waals surface area contributed by atoms with Crippen molar-refractivity contribution in [1.29, 1.82) is 0 Å². The Morgan fingerprint density at radius 1 is 1.12 bits per heavy atom. The summed E-state index contributed by atoms with van der Waals surface area (Å²) in [5.74, 6) is 1.91. The summed E-state index contributed by atoms with van der Waals surface area (Å²) in [4.78, 5) is 17.6. The zero-order chi connectivity index (χ0) is 17.2. The first-order valence-electron chi connectivity index (χ1n) is 9.68. The van der Waals surface area contributed by atoms with Gasteiger partial charge in [0, 0.05) is 25.0 Å². The Hall–Kier alpha value is -1.75. The van der Waals surface area contributed by atoms with Crippen LogP contribution >= 0.6 is 0 Å². The topological polar surface area (TPSA) is 42.0 Å². The zero-order valence-electron chi connectivity index (χ0n) is 15.1. The van der Waals surface area contributed by atoms with E-state index in [1.807, 2.05) is 18.2 Å². The van der Waals surface area contributed by atoms with E-state index in [0.29, 0.717) is 31.2 Å². The van der Waals surface area contributed by atoms with E-state index >= 15 is 0 Å². The van der Waals surface area contributed by atoms with Gasteiger partial charge in [-0.2, -0.15) is 0 Å². The lowest BCUT2D eigenvalue weighted by Gasteiger charge is -2.34. The molecule has 3 aliphatic heterocycles. The third kappa shape index (κ3) is 3.34. The summed E-state index contributed by atoms with van der Waals surface area (Å²) in [6, 6.07) is 6.98. The predicted octanol–water partition coefficient (Wildman–Crippen LogP) is 2.82. The summed E-state index contributed by atoms with van der Waals surface area (Å²) in [6.45, 7) is 5.75. The van der Waals surface area contributed by atoms with Crippen LogP contribution in [0.2, 0.25) is 0 Å². The molecule has 2 saturated heterocycles. The van der Waals surface area contributed by atoms with E-state index in [1.54, 1.807) is 0 Å². The Balaban J connectivity index is 1.37. The molecular formula is C20H28N2O3. The number of rotatable bonds is 5. The SMILES string of the molecule is CCN1CCC[C@H]1[C@@H]1CCCN1C(=O)CCc1ccc2c(c1)OCO2. The molecule has 0 N–H and O–H groups in total. The minimum Gasteiger partial charge on any atom is -0.454 e. The lowest BCUT2D eigenvalue weighted by atomic mass is 10.0. The summed E-state index contributed by atoms with van der Waals surface area (Å²) in [6.07, 6.45) is 6.17. The van der Waals surface area contributed by atoms with Gasteiger partial charge >= 0.3 is 0 Å². The number of benzene rings is 1. The van der Waals surface area contributed by atoms with Crippen LogP contribution in [0.1, 0.15) is 44.6 Å². The van der Waals surface area contributed by atoms with Crippen LogP contribution in [0.15, 0.2) is 18.2 Å². The second-order valence-electron chi connectivity index (χ2n) is 7.32. The van der Waals surface area contributed by atoms with E-state index in [9.17, 15) is 4.79 Å². The van der Waals surface area contributed by atoms with Gasteiger partial charge < -0.3 is 14.4 Å². The smallest absolute Gasteiger partial charge is 0.231 e. The van der Waals surface area contributed by atoms with Crippen LogP contribution in [0.3, 0.4) is 0 Å². The first-order chi connectivity index (χ1) is 12.3. The van der Waals surface area contributed by atoms with Crippen molar-refractivity contribution in [3.8, 4) is 11.5 Å². The fraction of sp³-hybridized carbons (Fsp3) is 0.650. The number of nitrogens with zero attached hydrogens (tertiary/aromatic N) is 2. The molecule has 25 heavy (non-hydrogen) atoms. The Bertz CT molecular complexity index is 633. The second kappa shape index (κ2) is 7.24. The molecule has 0 bridgehead atoms. The highest BCUT2D eigenvalue weighted by molar-refractivity contribution is 5.77. The van der Waals surface area contributed by atoms with Crippen LogP contribution in [-0.4, -0.2) is 54.2 Å². The van der Waals surface area contributed by atoms with Crippen molar-refractivity contribution < 1.29 is 14.3 Å². The Labute approximate surface area is 149 Å². The summed E-state index contributed by atoms with van der Waals surface area (Å²) in [5, 5.41) is 0. The normalized spacial score (nSPS) is 25.7. The molecule has 1 aromatic rings. The molecule has 3 aliphatic rings. The first-order valence-corrected chi connectivity index (χ1v) is 9.68. The maximum Gasteiger partial charge on any atom is 0.231 e. The van der Waals surface area contributed by atoms with Gasteiger partial charge in [0.05, 0.1) is 0 Å². The van der Waals surface area contributed by atoms with E-state index in [1.165, 1.54) is 19.4 Å². The molecule has 1 aromatic carbocycles. The van der Waals surface area contributed by atoms with Crippen LogP contribution in [0.5, 0.6) is 11.5 Å². The van der Waals surface area contributed by atoms with Gasteiger partial charge in [0.2, 0.25) is 12.7 Å². The second-order valence-corrected chi connectivity index (χ2v) is 7.32. The van der Waals surface area contributed by atoms with Crippen LogP contribution in [0, 0.1) is 0 Å². The highest BCUT2D eigenvalue weighted by Crippen LogP contribution is 2.33. The van der Waals surface area contributed by atoms with Gasteiger partial charge in [0.25, 0.3) is 0 Å². The number of hydrogen-bond donors (Lipinski definition) is 0. The largest absolute Gasteiger partial charge is 0.454 e. The lowest BCUT2D eigenvalue weighted by Crippen LogP contribution is -2.48. The summed E-state index contributed by atoms with van der Waals surface area (Å²) >= 11 is 0. The molecule has 4 rings (SSSR count). The standard InChI is InChI=1S/C20H28N2O3/c1-2-21-11-3-5-16(21)17-6-4-12-22(17)20(23)10-8-15-7-9-18-19(13-15)25-14-24-18/h7,9,13,16-17H,2-6,8,10-12,14H2,1H3/t16-,17-/m0/s1. The van der Waals surface area contributed by atoms with E-state index in [0.717, 1.165) is 49.4 Å². The Kier molecular flexibility index (Phi) is 4.84. The van der Waals surface area contributed by atoms with Crippen molar-refractivity contribution in [3.05, 3.63) is 23.8 Å². The number of aryl methyl sites for hydroxylation is 1. The van der Waals surface area contributed by atoms with Gasteiger partial charge in [-0.15, -0.1) is 0 Å². The van der Waals surface area contributed by atoms with Crippen molar-refractivity contribution in [1.82, 2.24) is 9.80 Å². The predicted molar refractivity (Wildman–Crippen MR) is 95.9 cm³/mol. The highest BCUT2D eigenvalue weighted by atomic mass is 16.7. The highest BCUT2D eigenvalue weighted by Gasteiger charge is 2.38. The molecular weight excluding hydrogens is 316 g/mol. The number of hydrogen-bond acceptors (Lipinski definition) is 4. The average molecular weight is 344 g/mol. The Morgan fingerprint density at radius 3 is 2.80 bits per heavy atom. The molecule has 1 amide bonds. The lowest BCUT2D eigenvalue weighted by molar-refractivity contribution is -0.133. The minimum atomic E-state index is 0.294. The number of likely N-dealkylation sites (tertiary alicyclic amines) is 2. The quantitative estimate of drug-likeness (QED) is 0.824. The molecule has 5 heteroatoms. The molecule has 0 aliphatic carbocycles. The number of amides is 1. The maximum atomic E-state index is 12.9. The number of ether oxygens (including phenoxy) is 2. The van der Waals surface area contributed by atoms with Crippen LogP contribution in [0.25, 0.3) is 0 Å². The minimum absolute atomic E-state index is 0.294. The van der Waals surface area contributed by atoms with Gasteiger partial charge in [-0.05, 0) is 62.9 Å². The Morgan fingerprint density at radius 2 is 1.92 bits per heavy atom. The first kappa shape index (κ1) is 16.7. The van der Waals surface area contributed by atoms with Crippen LogP contribution < -0.4 is 9.47 Å². The van der Waals surface area contributed by atoms with Gasteiger partial charge in [0.15, 0.2) is 11.5 Å². The summed E-state index contributed by atoms with van der Waals surface area (Å²) < 4.78 is 10.8. The zero-order valence-corrected chi connectivity index (χ0v) is 15.1. The molecule has 0 aromatic heterocycles. The molecule has 3 heterocycles. The maximum absolute atomic E-state index is 12.9. The van der Waals surface area contributed by atoms with Gasteiger partial charge in [0.1, 0.15) is 0 Å². The van der Waals surface area contributed by atoms with E-state index in [-0.39, 0.29) is 0 Å². The molecule has 5 nitrogen and oxygen atoms in total. The van der Waals surface area contributed by atoms with Crippen molar-refractivity contribution >= 4 is 5.91 Å². The monoisotopic (exact) mass is 344 g/mol. The molecule has 2 fully saturated rings. The van der Waals surface area contributed by atoms with E-state index in [4.69, 9.17) is 9.47 Å². The third-order valence-corrected chi connectivity index (χ3v) is 5.95. The van der Waals surface area contributed by atoms with Crippen molar-refractivity contribution in [3.63, 3.8) is 0 Å². The van der Waals surface area contributed by atoms with E-state index in [2.05, 4.69) is 16.7 Å². The molecule has 0 spiro atoms. The van der Waals surface area contributed by atoms with Crippen molar-refractivity contribution in [2.75, 3.05) is 26.4 Å². The molecule has 2 atom stereocenters. The van der Waals surface area contributed by atoms with Crippen molar-refractivity contribution in [2.45, 2.75) is 57.5 Å². The molecule has 0 unspecified atom stereocenters. The summed E-state index contributed by atoms with van der Waals surface area (Å²) in [7, 11) is 0. The number of likely N-dealkylation sites (N-methyl/N-ethyl adjacent to an activating group) is 1. The van der Waals surface area contributed by atoms with Gasteiger partial charge in [-0.25, -0.2) is 0 Å². The third-order valence-electron chi connectivity index (χ3n) is 5.95. The summed E-state index contributed by atoms with van der Waals surface area (Å²) in [5.41, 5.74) is 1.14. The fourth-order valence-electron chi connectivity index (χ4n) is 4.67. The number of fused-ring (bicyclic) bond motifs is 1. The number of carbonyl (C=O) groups is 1. The van der Waals surface area contributed by atoms with Crippen LogP contribution in [-0.2, 0) is 11.2 Å². The van der Waals surface area contributed by atoms with E-state index < -0.39 is 0 Å². The molecule has 136 valence electrons. The van der Waals surface area contributed by atoms with Gasteiger partial charge in [-0.3, -0.25) is 9.69 Å². The van der Waals surface area contributed by atoms with Gasteiger partial charge in [-0.1, -0.05) is 13.0 Å². The molecule has 0 radical (unpaired) electrons. The average Bonchev–Trinajstić information content (AvgIpc) is 3.37. The van der Waals surface area contributed by atoms with Crippen LogP contribution in [0.4, 0.5) is 0 Å². The molecule has 0 saturated carbocycles.